The lowest BCUT2D eigenvalue weighted by molar-refractivity contribution is -0.105. The van der Waals surface area contributed by atoms with Crippen molar-refractivity contribution in [1.29, 1.82) is 0 Å². The van der Waals surface area contributed by atoms with Gasteiger partial charge in [0.05, 0.1) is 0 Å². The third-order valence-electron chi connectivity index (χ3n) is 4.53. The molecule has 2 bridgehead atoms. The van der Waals surface area contributed by atoms with Crippen LogP contribution in [-0.2, 0) is 0 Å². The number of hydrogen-bond acceptors (Lipinski definition) is 0. The van der Waals surface area contributed by atoms with Gasteiger partial charge in [-0.15, -0.1) is 0 Å². The quantitative estimate of drug-likeness (QED) is 0.560. The van der Waals surface area contributed by atoms with Crippen LogP contribution < -0.4 is 0 Å². The van der Waals surface area contributed by atoms with Crippen molar-refractivity contribution < 1.29 is 0 Å². The molecular weight excluding hydrogens is 156 g/mol. The molecule has 3 fully saturated rings. The Kier molecular flexibility index (Phi) is 3.43. The maximum Gasteiger partial charge on any atom is -0.0295 e. The van der Waals surface area contributed by atoms with Crippen LogP contribution in [0.25, 0.3) is 0 Å². The number of hydrogen-bond donors (Lipinski definition) is 0. The summed E-state index contributed by atoms with van der Waals surface area (Å²) in [5.41, 5.74) is 0.707. The molecule has 0 radical (unpaired) electrons. The third-order valence-corrected chi connectivity index (χ3v) is 4.53. The smallest absolute Gasteiger partial charge is 0.0295 e. The summed E-state index contributed by atoms with van der Waals surface area (Å²) in [4.78, 5) is 0. The van der Waals surface area contributed by atoms with Crippen LogP contribution in [0, 0.1) is 23.2 Å². The Morgan fingerprint density at radius 1 is 1.15 bits per heavy atom. The average Bonchev–Trinajstić information content (AvgIpc) is 2.20. The number of fused-ring (bicyclic) bond motifs is 2. The molecule has 3 saturated carbocycles. The van der Waals surface area contributed by atoms with Crippen molar-refractivity contribution in [3.8, 4) is 0 Å². The second kappa shape index (κ2) is 4.02. The van der Waals surface area contributed by atoms with E-state index in [-0.39, 0.29) is 0 Å². The predicted molar refractivity (Wildman–Crippen MR) is 59.7 cm³/mol. The van der Waals surface area contributed by atoms with E-state index >= 15 is 0 Å². The van der Waals surface area contributed by atoms with Gasteiger partial charge < -0.3 is 0 Å². The second-order valence-electron chi connectivity index (χ2n) is 5.11. The fourth-order valence-electron chi connectivity index (χ4n) is 3.45. The van der Waals surface area contributed by atoms with Crippen molar-refractivity contribution in [1.82, 2.24) is 0 Å². The molecule has 0 amide bonds. The highest BCUT2D eigenvalue weighted by atomic mass is 14.6. The van der Waals surface area contributed by atoms with Crippen LogP contribution in [0.4, 0.5) is 0 Å². The molecule has 0 nitrogen and oxygen atoms in total. The highest BCUT2D eigenvalue weighted by Gasteiger charge is 2.53. The Morgan fingerprint density at radius 2 is 1.77 bits per heavy atom. The van der Waals surface area contributed by atoms with Crippen LogP contribution >= 0.6 is 0 Å². The van der Waals surface area contributed by atoms with Crippen LogP contribution in [0.15, 0.2) is 0 Å². The fourth-order valence-corrected chi connectivity index (χ4v) is 3.45. The molecule has 3 rings (SSSR count). The SMILES string of the molecule is CC.CC[C@@H]1CCC2CC1C2(C)C. The monoisotopic (exact) mass is 182 g/mol. The Hall–Kier alpha value is 0. The van der Waals surface area contributed by atoms with E-state index < -0.39 is 0 Å². The molecule has 0 aromatic carbocycles. The van der Waals surface area contributed by atoms with E-state index in [9.17, 15) is 0 Å². The predicted octanol–water partition coefficient (Wildman–Crippen LogP) is 4.49. The van der Waals surface area contributed by atoms with Gasteiger partial charge in [0.15, 0.2) is 0 Å². The minimum Gasteiger partial charge on any atom is -0.0683 e. The number of rotatable bonds is 1. The van der Waals surface area contributed by atoms with Crippen molar-refractivity contribution >= 4 is 0 Å². The molecular formula is C13H26. The Morgan fingerprint density at radius 3 is 2.08 bits per heavy atom. The van der Waals surface area contributed by atoms with Crippen molar-refractivity contribution in [2.45, 2.75) is 60.3 Å². The van der Waals surface area contributed by atoms with Crippen LogP contribution in [0.2, 0.25) is 0 Å². The van der Waals surface area contributed by atoms with Gasteiger partial charge >= 0.3 is 0 Å². The summed E-state index contributed by atoms with van der Waals surface area (Å²) < 4.78 is 0. The molecule has 0 heterocycles. The summed E-state index contributed by atoms with van der Waals surface area (Å²) in [5.74, 6) is 3.22. The first kappa shape index (κ1) is 11.1. The summed E-state index contributed by atoms with van der Waals surface area (Å²) >= 11 is 0. The molecule has 2 unspecified atom stereocenters. The van der Waals surface area contributed by atoms with Crippen molar-refractivity contribution in [3.63, 3.8) is 0 Å². The van der Waals surface area contributed by atoms with E-state index in [4.69, 9.17) is 0 Å². The summed E-state index contributed by atoms with van der Waals surface area (Å²) in [6, 6.07) is 0. The van der Waals surface area contributed by atoms with Crippen molar-refractivity contribution in [2.75, 3.05) is 0 Å². The normalized spacial score (nSPS) is 39.9. The summed E-state index contributed by atoms with van der Waals surface area (Å²) in [6.07, 6.45) is 6.00. The molecule has 3 aliphatic rings. The summed E-state index contributed by atoms with van der Waals surface area (Å²) in [7, 11) is 0. The van der Waals surface area contributed by atoms with Gasteiger partial charge in [0.25, 0.3) is 0 Å². The Balaban J connectivity index is 0.000000396. The third kappa shape index (κ3) is 1.65. The van der Waals surface area contributed by atoms with Gasteiger partial charge in [-0.3, -0.25) is 0 Å². The molecule has 0 saturated heterocycles. The van der Waals surface area contributed by atoms with E-state index in [0.29, 0.717) is 5.41 Å². The fraction of sp³-hybridized carbons (Fsp3) is 1.00. The maximum absolute atomic E-state index is 2.48. The molecule has 3 aliphatic carbocycles. The Labute approximate surface area is 84.1 Å². The largest absolute Gasteiger partial charge is 0.0683 e. The molecule has 78 valence electrons. The van der Waals surface area contributed by atoms with Gasteiger partial charge in [0, 0.05) is 0 Å². The van der Waals surface area contributed by atoms with Gasteiger partial charge in [-0.05, 0) is 42.4 Å². The van der Waals surface area contributed by atoms with Crippen molar-refractivity contribution in [3.05, 3.63) is 0 Å². The first-order valence-corrected chi connectivity index (χ1v) is 6.16. The minimum absolute atomic E-state index is 0.707. The van der Waals surface area contributed by atoms with Gasteiger partial charge in [-0.25, -0.2) is 0 Å². The standard InChI is InChI=1S/C11H20.C2H6/c1-4-8-5-6-9-7-10(8)11(9,2)3;1-2/h8-10H,4-7H2,1-3H3;1-2H3/t8-,9?,10?;/m1./s1. The zero-order valence-electron chi connectivity index (χ0n) is 10.1. The highest BCUT2D eigenvalue weighted by Crippen LogP contribution is 2.61. The van der Waals surface area contributed by atoms with Gasteiger partial charge in [-0.1, -0.05) is 41.0 Å². The Bertz CT molecular complexity index is 155. The van der Waals surface area contributed by atoms with Gasteiger partial charge in [0.1, 0.15) is 0 Å². The van der Waals surface area contributed by atoms with E-state index in [2.05, 4.69) is 20.8 Å². The lowest BCUT2D eigenvalue weighted by Crippen LogP contribution is -2.52. The van der Waals surface area contributed by atoms with Crippen LogP contribution in [-0.4, -0.2) is 0 Å². The molecule has 0 aromatic heterocycles. The lowest BCUT2D eigenvalue weighted by Gasteiger charge is -2.60. The minimum atomic E-state index is 0.707. The lowest BCUT2D eigenvalue weighted by atomic mass is 9.45. The highest BCUT2D eigenvalue weighted by molar-refractivity contribution is 5.02. The van der Waals surface area contributed by atoms with Crippen LogP contribution in [0.3, 0.4) is 0 Å². The summed E-state index contributed by atoms with van der Waals surface area (Å²) in [6.45, 7) is 11.3. The van der Waals surface area contributed by atoms with Crippen LogP contribution in [0.1, 0.15) is 60.3 Å². The van der Waals surface area contributed by atoms with E-state index in [1.165, 1.54) is 19.3 Å². The zero-order valence-corrected chi connectivity index (χ0v) is 10.1. The molecule has 0 aliphatic heterocycles. The molecule has 0 aromatic rings. The van der Waals surface area contributed by atoms with Gasteiger partial charge in [-0.2, -0.15) is 0 Å². The first-order valence-electron chi connectivity index (χ1n) is 6.16. The molecule has 3 atom stereocenters. The molecule has 0 N–H and O–H groups in total. The topological polar surface area (TPSA) is 0 Å². The molecule has 0 spiro atoms. The van der Waals surface area contributed by atoms with Crippen LogP contribution in [0.5, 0.6) is 0 Å². The first-order chi connectivity index (χ1) is 6.16. The maximum atomic E-state index is 2.48. The van der Waals surface area contributed by atoms with Crippen molar-refractivity contribution in [2.24, 2.45) is 23.2 Å². The van der Waals surface area contributed by atoms with Gasteiger partial charge in [0.2, 0.25) is 0 Å². The van der Waals surface area contributed by atoms with E-state index in [1.54, 1.807) is 6.42 Å². The molecule has 0 heteroatoms. The molecule has 13 heavy (non-hydrogen) atoms. The second-order valence-corrected chi connectivity index (χ2v) is 5.11. The van der Waals surface area contributed by atoms with E-state index in [1.807, 2.05) is 13.8 Å². The average molecular weight is 182 g/mol. The summed E-state index contributed by atoms with van der Waals surface area (Å²) in [5, 5.41) is 0. The van der Waals surface area contributed by atoms with E-state index in [0.717, 1.165) is 17.8 Å². The zero-order chi connectivity index (χ0) is 10.1.